The number of carbonyl (C=O) groups excluding carboxylic acids is 1. The lowest BCUT2D eigenvalue weighted by molar-refractivity contribution is 0.0935. The first kappa shape index (κ1) is 15.4. The van der Waals surface area contributed by atoms with Crippen molar-refractivity contribution in [3.05, 3.63) is 29.6 Å². The van der Waals surface area contributed by atoms with Gasteiger partial charge >= 0.3 is 0 Å². The standard InChI is InChI=1S/C14H21FN2O2/c1-3-4-5-11(9-16)17-14(18)10-6-7-12(15)13(8-10)19-2/h6-8,11H,3-5,9,16H2,1-2H3,(H,17,18). The summed E-state index contributed by atoms with van der Waals surface area (Å²) in [6.45, 7) is 2.48. The van der Waals surface area contributed by atoms with E-state index in [1.165, 1.54) is 25.3 Å². The van der Waals surface area contributed by atoms with Crippen molar-refractivity contribution in [2.75, 3.05) is 13.7 Å². The Morgan fingerprint density at radius 1 is 1.53 bits per heavy atom. The Balaban J connectivity index is 2.71. The summed E-state index contributed by atoms with van der Waals surface area (Å²) in [7, 11) is 1.37. The van der Waals surface area contributed by atoms with Crippen molar-refractivity contribution in [1.29, 1.82) is 0 Å². The van der Waals surface area contributed by atoms with Gasteiger partial charge in [0.05, 0.1) is 7.11 Å². The summed E-state index contributed by atoms with van der Waals surface area (Å²) in [6.07, 6.45) is 2.91. The second kappa shape index (κ2) is 7.74. The Kier molecular flexibility index (Phi) is 6.29. The fourth-order valence-corrected chi connectivity index (χ4v) is 1.77. The number of amides is 1. The Labute approximate surface area is 113 Å². The van der Waals surface area contributed by atoms with Crippen LogP contribution in [0.25, 0.3) is 0 Å². The zero-order valence-electron chi connectivity index (χ0n) is 11.4. The maximum Gasteiger partial charge on any atom is 0.251 e. The van der Waals surface area contributed by atoms with Gasteiger partial charge < -0.3 is 15.8 Å². The number of nitrogens with two attached hydrogens (primary N) is 1. The lowest BCUT2D eigenvalue weighted by Gasteiger charge is -2.16. The SMILES string of the molecule is CCCCC(CN)NC(=O)c1ccc(F)c(OC)c1. The molecule has 0 saturated carbocycles. The molecular formula is C14H21FN2O2. The van der Waals surface area contributed by atoms with Crippen LogP contribution in [-0.2, 0) is 0 Å². The number of rotatable bonds is 7. The van der Waals surface area contributed by atoms with Gasteiger partial charge in [0.1, 0.15) is 0 Å². The highest BCUT2D eigenvalue weighted by molar-refractivity contribution is 5.94. The molecule has 0 fully saturated rings. The maximum absolute atomic E-state index is 13.3. The van der Waals surface area contributed by atoms with Gasteiger partial charge in [-0.25, -0.2) is 4.39 Å². The highest BCUT2D eigenvalue weighted by atomic mass is 19.1. The molecule has 0 bridgehead atoms. The van der Waals surface area contributed by atoms with Crippen LogP contribution in [0.2, 0.25) is 0 Å². The van der Waals surface area contributed by atoms with Crippen LogP contribution in [0.3, 0.4) is 0 Å². The van der Waals surface area contributed by atoms with Crippen molar-refractivity contribution in [2.45, 2.75) is 32.2 Å². The molecule has 0 aromatic heterocycles. The van der Waals surface area contributed by atoms with Gasteiger partial charge in [-0.3, -0.25) is 4.79 Å². The van der Waals surface area contributed by atoms with Crippen LogP contribution < -0.4 is 15.8 Å². The Hall–Kier alpha value is -1.62. The van der Waals surface area contributed by atoms with Gasteiger partial charge in [-0.15, -0.1) is 0 Å². The van der Waals surface area contributed by atoms with Crippen molar-refractivity contribution in [3.63, 3.8) is 0 Å². The average molecular weight is 268 g/mol. The molecule has 0 aliphatic rings. The summed E-state index contributed by atoms with van der Waals surface area (Å²) >= 11 is 0. The molecule has 19 heavy (non-hydrogen) atoms. The number of benzene rings is 1. The number of unbranched alkanes of at least 4 members (excludes halogenated alkanes) is 1. The highest BCUT2D eigenvalue weighted by Crippen LogP contribution is 2.18. The van der Waals surface area contributed by atoms with E-state index in [0.717, 1.165) is 19.3 Å². The van der Waals surface area contributed by atoms with Crippen molar-refractivity contribution in [2.24, 2.45) is 5.73 Å². The van der Waals surface area contributed by atoms with Gasteiger partial charge in [-0.05, 0) is 24.6 Å². The Morgan fingerprint density at radius 2 is 2.26 bits per heavy atom. The van der Waals surface area contributed by atoms with E-state index in [1.54, 1.807) is 0 Å². The topological polar surface area (TPSA) is 64.3 Å². The molecule has 0 radical (unpaired) electrons. The molecule has 3 N–H and O–H groups in total. The highest BCUT2D eigenvalue weighted by Gasteiger charge is 2.14. The molecule has 0 aliphatic carbocycles. The molecular weight excluding hydrogens is 247 g/mol. The Morgan fingerprint density at radius 3 is 2.84 bits per heavy atom. The first-order valence-electron chi connectivity index (χ1n) is 6.46. The van der Waals surface area contributed by atoms with Crippen LogP contribution in [0.1, 0.15) is 36.5 Å². The van der Waals surface area contributed by atoms with Crippen molar-refractivity contribution >= 4 is 5.91 Å². The van der Waals surface area contributed by atoms with Crippen LogP contribution in [0.15, 0.2) is 18.2 Å². The largest absolute Gasteiger partial charge is 0.494 e. The zero-order valence-corrected chi connectivity index (χ0v) is 11.4. The van der Waals surface area contributed by atoms with Crippen LogP contribution >= 0.6 is 0 Å². The second-order valence-corrected chi connectivity index (χ2v) is 4.40. The number of hydrogen-bond donors (Lipinski definition) is 2. The van der Waals surface area contributed by atoms with E-state index >= 15 is 0 Å². The molecule has 1 aromatic rings. The average Bonchev–Trinajstić information content (AvgIpc) is 2.43. The van der Waals surface area contributed by atoms with Gasteiger partial charge in [-0.1, -0.05) is 19.8 Å². The zero-order chi connectivity index (χ0) is 14.3. The molecule has 1 amide bonds. The second-order valence-electron chi connectivity index (χ2n) is 4.40. The van der Waals surface area contributed by atoms with Gasteiger partial charge in [0.15, 0.2) is 11.6 Å². The van der Waals surface area contributed by atoms with Crippen LogP contribution in [-0.4, -0.2) is 25.6 Å². The predicted octanol–water partition coefficient (Wildman–Crippen LogP) is 2.08. The fraction of sp³-hybridized carbons (Fsp3) is 0.500. The third-order valence-electron chi connectivity index (χ3n) is 2.94. The number of hydrogen-bond acceptors (Lipinski definition) is 3. The number of carbonyl (C=O) groups is 1. The van der Waals surface area contributed by atoms with E-state index in [0.29, 0.717) is 12.1 Å². The third kappa shape index (κ3) is 4.52. The molecule has 1 unspecified atom stereocenters. The van der Waals surface area contributed by atoms with Gasteiger partial charge in [0.2, 0.25) is 0 Å². The minimum absolute atomic E-state index is 0.0523. The molecule has 0 aliphatic heterocycles. The summed E-state index contributed by atoms with van der Waals surface area (Å²) < 4.78 is 18.1. The fourth-order valence-electron chi connectivity index (χ4n) is 1.77. The molecule has 106 valence electrons. The number of methoxy groups -OCH3 is 1. The van der Waals surface area contributed by atoms with Crippen LogP contribution in [0.5, 0.6) is 5.75 Å². The van der Waals surface area contributed by atoms with E-state index in [4.69, 9.17) is 10.5 Å². The van der Waals surface area contributed by atoms with Gasteiger partial charge in [0, 0.05) is 18.2 Å². The molecule has 0 saturated heterocycles. The van der Waals surface area contributed by atoms with E-state index in [2.05, 4.69) is 12.2 Å². The molecule has 4 nitrogen and oxygen atoms in total. The molecule has 0 heterocycles. The predicted molar refractivity (Wildman–Crippen MR) is 72.8 cm³/mol. The van der Waals surface area contributed by atoms with E-state index in [-0.39, 0.29) is 17.7 Å². The molecule has 0 spiro atoms. The number of halogens is 1. The van der Waals surface area contributed by atoms with Gasteiger partial charge in [0.25, 0.3) is 5.91 Å². The number of nitrogens with one attached hydrogen (secondary N) is 1. The minimum atomic E-state index is -0.486. The summed E-state index contributed by atoms with van der Waals surface area (Å²) in [5.41, 5.74) is 5.99. The molecule has 1 atom stereocenters. The lowest BCUT2D eigenvalue weighted by atomic mass is 10.1. The minimum Gasteiger partial charge on any atom is -0.494 e. The van der Waals surface area contributed by atoms with E-state index in [1.807, 2.05) is 0 Å². The molecule has 1 aromatic carbocycles. The summed E-state index contributed by atoms with van der Waals surface area (Å²) in [6, 6.07) is 3.99. The van der Waals surface area contributed by atoms with E-state index < -0.39 is 5.82 Å². The molecule has 5 heteroatoms. The van der Waals surface area contributed by atoms with Gasteiger partial charge in [-0.2, -0.15) is 0 Å². The van der Waals surface area contributed by atoms with E-state index in [9.17, 15) is 9.18 Å². The van der Waals surface area contributed by atoms with Crippen LogP contribution in [0, 0.1) is 5.82 Å². The summed E-state index contributed by atoms with van der Waals surface area (Å²) in [5.74, 6) is -0.684. The number of ether oxygens (including phenoxy) is 1. The van der Waals surface area contributed by atoms with Crippen molar-refractivity contribution in [3.8, 4) is 5.75 Å². The summed E-state index contributed by atoms with van der Waals surface area (Å²) in [4.78, 5) is 12.0. The van der Waals surface area contributed by atoms with Crippen molar-refractivity contribution in [1.82, 2.24) is 5.32 Å². The third-order valence-corrected chi connectivity index (χ3v) is 2.94. The Bertz CT molecular complexity index is 424. The quantitative estimate of drug-likeness (QED) is 0.795. The first-order chi connectivity index (χ1) is 9.12. The summed E-state index contributed by atoms with van der Waals surface area (Å²) in [5, 5.41) is 2.85. The van der Waals surface area contributed by atoms with Crippen molar-refractivity contribution < 1.29 is 13.9 Å². The normalized spacial score (nSPS) is 12.0. The van der Waals surface area contributed by atoms with Crippen LogP contribution in [0.4, 0.5) is 4.39 Å². The first-order valence-corrected chi connectivity index (χ1v) is 6.46. The smallest absolute Gasteiger partial charge is 0.251 e. The lowest BCUT2D eigenvalue weighted by Crippen LogP contribution is -2.40. The molecule has 1 rings (SSSR count). The maximum atomic E-state index is 13.3. The monoisotopic (exact) mass is 268 g/mol.